The summed E-state index contributed by atoms with van der Waals surface area (Å²) in [5, 5.41) is 12.0. The van der Waals surface area contributed by atoms with Crippen molar-refractivity contribution in [2.75, 3.05) is 11.9 Å². The number of hydrogen-bond donors (Lipinski definition) is 2. The first kappa shape index (κ1) is 20.5. The molecule has 1 aliphatic heterocycles. The molecule has 6 nitrogen and oxygen atoms in total. The van der Waals surface area contributed by atoms with Crippen molar-refractivity contribution in [3.05, 3.63) is 58.7 Å². The van der Waals surface area contributed by atoms with Crippen LogP contribution in [0.2, 0.25) is 0 Å². The molecule has 2 N–H and O–H groups in total. The Balaban J connectivity index is 1.89. The molecule has 2 aromatic rings. The van der Waals surface area contributed by atoms with E-state index in [4.69, 9.17) is 0 Å². The summed E-state index contributed by atoms with van der Waals surface area (Å²) in [5.41, 5.74) is 3.62. The lowest BCUT2D eigenvalue weighted by atomic mass is 10.1. The Bertz CT molecular complexity index is 978. The van der Waals surface area contributed by atoms with Crippen LogP contribution in [-0.4, -0.2) is 36.3 Å². The molecule has 0 saturated carbocycles. The number of nitrogens with one attached hydrogen (secondary N) is 1. The lowest BCUT2D eigenvalue weighted by molar-refractivity contribution is -0.119. The third kappa shape index (κ3) is 3.97. The maximum atomic E-state index is 13.4. The Morgan fingerprint density at radius 2 is 1.86 bits per heavy atom. The molecule has 1 atom stereocenters. The first-order valence-electron chi connectivity index (χ1n) is 9.34. The van der Waals surface area contributed by atoms with Gasteiger partial charge in [0.2, 0.25) is 15.9 Å². The average Bonchev–Trinajstić information content (AvgIpc) is 3.11. The van der Waals surface area contributed by atoms with Crippen LogP contribution in [0.5, 0.6) is 0 Å². The first-order chi connectivity index (χ1) is 13.2. The number of anilines is 1. The Labute approximate surface area is 166 Å². The zero-order valence-corrected chi connectivity index (χ0v) is 17.2. The monoisotopic (exact) mass is 402 g/mol. The summed E-state index contributed by atoms with van der Waals surface area (Å²) in [5.74, 6) is -0.349. The third-order valence-corrected chi connectivity index (χ3v) is 7.27. The van der Waals surface area contributed by atoms with Gasteiger partial charge in [0.25, 0.3) is 0 Å². The topological polar surface area (TPSA) is 86.7 Å². The van der Waals surface area contributed by atoms with Crippen LogP contribution in [-0.2, 0) is 21.4 Å². The summed E-state index contributed by atoms with van der Waals surface area (Å²) in [7, 11) is -3.78. The Kier molecular flexibility index (Phi) is 5.88. The van der Waals surface area contributed by atoms with E-state index < -0.39 is 16.1 Å². The smallest absolute Gasteiger partial charge is 0.244 e. The number of aliphatic hydroxyl groups is 1. The van der Waals surface area contributed by atoms with Crippen LogP contribution in [0.1, 0.15) is 35.1 Å². The van der Waals surface area contributed by atoms with Crippen molar-refractivity contribution < 1.29 is 18.3 Å². The summed E-state index contributed by atoms with van der Waals surface area (Å²) in [6.45, 7) is 5.71. The molecule has 1 heterocycles. The number of carbonyl (C=O) groups excluding carboxylic acids is 1. The van der Waals surface area contributed by atoms with Crippen LogP contribution in [0.25, 0.3) is 0 Å². The number of nitrogens with zero attached hydrogens (tertiary/aromatic N) is 1. The molecule has 0 aliphatic carbocycles. The minimum Gasteiger partial charge on any atom is -0.392 e. The van der Waals surface area contributed by atoms with Gasteiger partial charge in [0.05, 0.1) is 11.5 Å². The molecule has 2 aromatic carbocycles. The fraction of sp³-hybridized carbons (Fsp3) is 0.381. The standard InChI is InChI=1S/C21H26N2O4S/c1-14-10-15(2)20(16(3)11-14)28(26,27)23-9-5-8-19(23)21(25)22-18-7-4-6-17(12-18)13-24/h4,6-7,10-12,19,24H,5,8-9,13H2,1-3H3,(H,22,25). The van der Waals surface area contributed by atoms with Gasteiger partial charge in [0, 0.05) is 12.2 Å². The molecule has 1 aliphatic rings. The van der Waals surface area contributed by atoms with Gasteiger partial charge in [0.15, 0.2) is 0 Å². The van der Waals surface area contributed by atoms with E-state index >= 15 is 0 Å². The van der Waals surface area contributed by atoms with Gasteiger partial charge >= 0.3 is 0 Å². The van der Waals surface area contributed by atoms with Crippen molar-refractivity contribution in [1.29, 1.82) is 0 Å². The van der Waals surface area contributed by atoms with Gasteiger partial charge in [-0.05, 0) is 62.4 Å². The molecular weight excluding hydrogens is 376 g/mol. The fourth-order valence-corrected chi connectivity index (χ4v) is 6.03. The molecule has 1 amide bonds. The van der Waals surface area contributed by atoms with Crippen molar-refractivity contribution in [3.8, 4) is 0 Å². The van der Waals surface area contributed by atoms with Crippen LogP contribution in [0.15, 0.2) is 41.3 Å². The quantitative estimate of drug-likeness (QED) is 0.805. The minimum atomic E-state index is -3.78. The maximum absolute atomic E-state index is 13.4. The molecule has 3 rings (SSSR count). The van der Waals surface area contributed by atoms with E-state index in [1.807, 2.05) is 19.1 Å². The number of aliphatic hydroxyl groups excluding tert-OH is 1. The van der Waals surface area contributed by atoms with E-state index in [9.17, 15) is 18.3 Å². The normalized spacial score (nSPS) is 17.6. The predicted molar refractivity (Wildman–Crippen MR) is 109 cm³/mol. The van der Waals surface area contributed by atoms with Crippen LogP contribution in [0.4, 0.5) is 5.69 Å². The Morgan fingerprint density at radius 3 is 2.50 bits per heavy atom. The summed E-state index contributed by atoms with van der Waals surface area (Å²) < 4.78 is 28.1. The molecule has 0 bridgehead atoms. The molecular formula is C21H26N2O4S. The van der Waals surface area contributed by atoms with E-state index in [-0.39, 0.29) is 12.5 Å². The van der Waals surface area contributed by atoms with Crippen molar-refractivity contribution in [2.45, 2.75) is 51.2 Å². The van der Waals surface area contributed by atoms with Crippen molar-refractivity contribution >= 4 is 21.6 Å². The van der Waals surface area contributed by atoms with Crippen LogP contribution in [0, 0.1) is 20.8 Å². The molecule has 0 radical (unpaired) electrons. The van der Waals surface area contributed by atoms with Gasteiger partial charge in [-0.3, -0.25) is 4.79 Å². The number of carbonyl (C=O) groups is 1. The molecule has 28 heavy (non-hydrogen) atoms. The van der Waals surface area contributed by atoms with Crippen LogP contribution >= 0.6 is 0 Å². The SMILES string of the molecule is Cc1cc(C)c(S(=O)(=O)N2CCCC2C(=O)Nc2cccc(CO)c2)c(C)c1. The van der Waals surface area contributed by atoms with Crippen molar-refractivity contribution in [2.24, 2.45) is 0 Å². The lowest BCUT2D eigenvalue weighted by Gasteiger charge is -2.25. The number of hydrogen-bond acceptors (Lipinski definition) is 4. The molecule has 150 valence electrons. The highest BCUT2D eigenvalue weighted by Gasteiger charge is 2.40. The minimum absolute atomic E-state index is 0.125. The molecule has 0 spiro atoms. The summed E-state index contributed by atoms with van der Waals surface area (Å²) >= 11 is 0. The van der Waals surface area contributed by atoms with E-state index in [2.05, 4.69) is 5.32 Å². The van der Waals surface area contributed by atoms with E-state index in [0.717, 1.165) is 5.56 Å². The molecule has 0 aromatic heterocycles. The highest BCUT2D eigenvalue weighted by Crippen LogP contribution is 2.31. The molecule has 1 fully saturated rings. The Morgan fingerprint density at radius 1 is 1.18 bits per heavy atom. The third-order valence-electron chi connectivity index (χ3n) is 5.05. The van der Waals surface area contributed by atoms with Gasteiger partial charge in [-0.25, -0.2) is 8.42 Å². The second kappa shape index (κ2) is 8.03. The predicted octanol–water partition coefficient (Wildman–Crippen LogP) is 2.90. The van der Waals surface area contributed by atoms with E-state index in [1.165, 1.54) is 4.31 Å². The zero-order valence-electron chi connectivity index (χ0n) is 16.4. The Hall–Kier alpha value is -2.22. The van der Waals surface area contributed by atoms with Crippen molar-refractivity contribution in [1.82, 2.24) is 4.31 Å². The molecule has 1 saturated heterocycles. The summed E-state index contributed by atoms with van der Waals surface area (Å²) in [4.78, 5) is 13.1. The van der Waals surface area contributed by atoms with Crippen LogP contribution in [0.3, 0.4) is 0 Å². The summed E-state index contributed by atoms with van der Waals surface area (Å²) in [6.07, 6.45) is 1.12. The molecule has 7 heteroatoms. The fourth-order valence-electron chi connectivity index (χ4n) is 3.95. The van der Waals surface area contributed by atoms with Crippen molar-refractivity contribution in [3.63, 3.8) is 0 Å². The number of amides is 1. The number of sulfonamides is 1. The van der Waals surface area contributed by atoms with Gasteiger partial charge in [0.1, 0.15) is 6.04 Å². The van der Waals surface area contributed by atoms with Gasteiger partial charge < -0.3 is 10.4 Å². The average molecular weight is 403 g/mol. The van der Waals surface area contributed by atoms with Gasteiger partial charge in [-0.1, -0.05) is 29.8 Å². The second-order valence-corrected chi connectivity index (χ2v) is 9.18. The molecule has 1 unspecified atom stereocenters. The summed E-state index contributed by atoms with van der Waals surface area (Å²) in [6, 6.07) is 9.85. The maximum Gasteiger partial charge on any atom is 0.244 e. The van der Waals surface area contributed by atoms with Crippen LogP contribution < -0.4 is 5.32 Å². The largest absolute Gasteiger partial charge is 0.392 e. The lowest BCUT2D eigenvalue weighted by Crippen LogP contribution is -2.43. The number of aryl methyl sites for hydroxylation is 3. The van der Waals surface area contributed by atoms with E-state index in [1.54, 1.807) is 38.1 Å². The van der Waals surface area contributed by atoms with Gasteiger partial charge in [-0.2, -0.15) is 4.31 Å². The highest BCUT2D eigenvalue weighted by molar-refractivity contribution is 7.89. The highest BCUT2D eigenvalue weighted by atomic mass is 32.2. The zero-order chi connectivity index (χ0) is 20.5. The second-order valence-electron chi connectivity index (χ2n) is 7.35. The number of benzene rings is 2. The van der Waals surface area contributed by atoms with E-state index in [0.29, 0.717) is 46.7 Å². The first-order valence-corrected chi connectivity index (χ1v) is 10.8. The van der Waals surface area contributed by atoms with Gasteiger partial charge in [-0.15, -0.1) is 0 Å². The number of rotatable bonds is 5.